The predicted octanol–water partition coefficient (Wildman–Crippen LogP) is 4.17. The second-order valence-electron chi connectivity index (χ2n) is 7.68. The Balaban J connectivity index is 2.28. The van der Waals surface area contributed by atoms with E-state index >= 15 is 0 Å². The van der Waals surface area contributed by atoms with Crippen molar-refractivity contribution in [2.75, 3.05) is 18.9 Å². The topological polar surface area (TPSA) is 98.8 Å². The molecule has 0 radical (unpaired) electrons. The van der Waals surface area contributed by atoms with Crippen molar-refractivity contribution in [2.24, 2.45) is 0 Å². The fourth-order valence-corrected chi connectivity index (χ4v) is 4.45. The third-order valence-corrected chi connectivity index (χ3v) is 6.36. The SMILES string of the molecule is C=CCCCC(CCCCS(=O)(=O)NCCCc1ccc(C(=O)OCC)cc1)OC(C)=O. The van der Waals surface area contributed by atoms with E-state index < -0.39 is 10.0 Å². The lowest BCUT2D eigenvalue weighted by Gasteiger charge is -2.16. The van der Waals surface area contributed by atoms with Crippen molar-refractivity contribution in [1.82, 2.24) is 4.72 Å². The van der Waals surface area contributed by atoms with Gasteiger partial charge in [-0.2, -0.15) is 0 Å². The lowest BCUT2D eigenvalue weighted by molar-refractivity contribution is -0.147. The Morgan fingerprint density at radius 1 is 1.09 bits per heavy atom. The van der Waals surface area contributed by atoms with Crippen LogP contribution in [0.25, 0.3) is 0 Å². The molecular weight excluding hydrogens is 430 g/mol. The third kappa shape index (κ3) is 12.6. The van der Waals surface area contributed by atoms with Gasteiger partial charge in [-0.3, -0.25) is 4.79 Å². The Hall–Kier alpha value is -2.19. The van der Waals surface area contributed by atoms with Gasteiger partial charge in [-0.25, -0.2) is 17.9 Å². The minimum atomic E-state index is -3.33. The summed E-state index contributed by atoms with van der Waals surface area (Å²) in [6, 6.07) is 7.15. The summed E-state index contributed by atoms with van der Waals surface area (Å²) in [6.07, 6.45) is 7.42. The van der Waals surface area contributed by atoms with Gasteiger partial charge < -0.3 is 9.47 Å². The van der Waals surface area contributed by atoms with Gasteiger partial charge in [-0.1, -0.05) is 18.2 Å². The highest BCUT2D eigenvalue weighted by molar-refractivity contribution is 7.89. The number of unbranched alkanes of at least 4 members (excludes halogenated alkanes) is 2. The predicted molar refractivity (Wildman–Crippen MR) is 126 cm³/mol. The minimum Gasteiger partial charge on any atom is -0.463 e. The van der Waals surface area contributed by atoms with E-state index in [9.17, 15) is 18.0 Å². The smallest absolute Gasteiger partial charge is 0.338 e. The van der Waals surface area contributed by atoms with Crippen LogP contribution in [-0.4, -0.2) is 45.4 Å². The number of carbonyl (C=O) groups excluding carboxylic acids is 2. The van der Waals surface area contributed by atoms with E-state index in [1.54, 1.807) is 19.1 Å². The highest BCUT2D eigenvalue weighted by Crippen LogP contribution is 2.14. The van der Waals surface area contributed by atoms with Crippen LogP contribution in [-0.2, 0) is 30.7 Å². The van der Waals surface area contributed by atoms with Crippen LogP contribution in [0.5, 0.6) is 0 Å². The summed E-state index contributed by atoms with van der Waals surface area (Å²) in [7, 11) is -3.33. The number of benzene rings is 1. The molecule has 0 saturated heterocycles. The van der Waals surface area contributed by atoms with Crippen LogP contribution in [0.1, 0.15) is 74.7 Å². The molecule has 7 nitrogen and oxygen atoms in total. The van der Waals surface area contributed by atoms with Crippen molar-refractivity contribution >= 4 is 22.0 Å². The molecule has 32 heavy (non-hydrogen) atoms. The molecule has 0 aromatic heterocycles. The molecule has 1 aromatic carbocycles. The molecule has 180 valence electrons. The molecule has 1 atom stereocenters. The van der Waals surface area contributed by atoms with Gasteiger partial charge in [0.05, 0.1) is 17.9 Å². The van der Waals surface area contributed by atoms with Gasteiger partial charge in [0, 0.05) is 13.5 Å². The summed E-state index contributed by atoms with van der Waals surface area (Å²) in [5.41, 5.74) is 1.54. The van der Waals surface area contributed by atoms with Crippen LogP contribution in [0.2, 0.25) is 0 Å². The molecule has 0 heterocycles. The number of esters is 2. The highest BCUT2D eigenvalue weighted by Gasteiger charge is 2.14. The molecule has 1 rings (SSSR count). The third-order valence-electron chi connectivity index (χ3n) is 4.89. The van der Waals surface area contributed by atoms with Crippen LogP contribution < -0.4 is 4.72 Å². The van der Waals surface area contributed by atoms with Crippen molar-refractivity contribution < 1.29 is 27.5 Å². The molecule has 0 aliphatic carbocycles. The van der Waals surface area contributed by atoms with Gasteiger partial charge in [0.2, 0.25) is 10.0 Å². The van der Waals surface area contributed by atoms with E-state index in [4.69, 9.17) is 9.47 Å². The first-order valence-corrected chi connectivity index (χ1v) is 12.9. The van der Waals surface area contributed by atoms with E-state index in [-0.39, 0.29) is 23.8 Å². The Morgan fingerprint density at radius 2 is 1.78 bits per heavy atom. The van der Waals surface area contributed by atoms with E-state index in [1.807, 2.05) is 18.2 Å². The minimum absolute atomic E-state index is 0.0562. The number of sulfonamides is 1. The lowest BCUT2D eigenvalue weighted by atomic mass is 10.1. The maximum atomic E-state index is 12.2. The number of nitrogens with one attached hydrogen (secondary N) is 1. The van der Waals surface area contributed by atoms with Crippen molar-refractivity contribution in [3.8, 4) is 0 Å². The number of aryl methyl sites for hydroxylation is 1. The number of carbonyl (C=O) groups is 2. The molecule has 0 bridgehead atoms. The Morgan fingerprint density at radius 3 is 2.41 bits per heavy atom. The second-order valence-corrected chi connectivity index (χ2v) is 9.61. The number of hydrogen-bond donors (Lipinski definition) is 1. The Labute approximate surface area is 192 Å². The fourth-order valence-electron chi connectivity index (χ4n) is 3.27. The monoisotopic (exact) mass is 467 g/mol. The lowest BCUT2D eigenvalue weighted by Crippen LogP contribution is -2.27. The van der Waals surface area contributed by atoms with Crippen LogP contribution >= 0.6 is 0 Å². The average Bonchev–Trinajstić information content (AvgIpc) is 2.74. The standard InChI is InChI=1S/C24H37NO6S/c1-4-6-7-12-23(31-20(3)26)13-8-9-19-32(28,29)25-18-10-11-21-14-16-22(17-15-21)24(27)30-5-2/h4,14-17,23,25H,1,5-13,18-19H2,2-3H3. The second kappa shape index (κ2) is 15.6. The Kier molecular flexibility index (Phi) is 13.6. The van der Waals surface area contributed by atoms with Crippen molar-refractivity contribution in [3.63, 3.8) is 0 Å². The molecule has 0 fully saturated rings. The van der Waals surface area contributed by atoms with Gasteiger partial charge in [-0.15, -0.1) is 6.58 Å². The first kappa shape index (κ1) is 27.8. The van der Waals surface area contributed by atoms with Crippen LogP contribution in [0.15, 0.2) is 36.9 Å². The molecule has 0 spiro atoms. The summed E-state index contributed by atoms with van der Waals surface area (Å²) in [5, 5.41) is 0. The maximum absolute atomic E-state index is 12.2. The molecule has 0 aliphatic heterocycles. The van der Waals surface area contributed by atoms with E-state index in [2.05, 4.69) is 11.3 Å². The van der Waals surface area contributed by atoms with Crippen LogP contribution in [0.3, 0.4) is 0 Å². The summed E-state index contributed by atoms with van der Waals surface area (Å²) in [4.78, 5) is 22.9. The van der Waals surface area contributed by atoms with Gasteiger partial charge in [-0.05, 0) is 76.0 Å². The summed E-state index contributed by atoms with van der Waals surface area (Å²) in [5.74, 6) is -0.595. The summed E-state index contributed by atoms with van der Waals surface area (Å²) >= 11 is 0. The first-order chi connectivity index (χ1) is 15.3. The first-order valence-electron chi connectivity index (χ1n) is 11.3. The number of hydrogen-bond acceptors (Lipinski definition) is 6. The highest BCUT2D eigenvalue weighted by atomic mass is 32.2. The quantitative estimate of drug-likeness (QED) is 0.210. The maximum Gasteiger partial charge on any atom is 0.338 e. The van der Waals surface area contributed by atoms with Crippen molar-refractivity contribution in [1.29, 1.82) is 0 Å². The van der Waals surface area contributed by atoms with Crippen LogP contribution in [0, 0.1) is 0 Å². The van der Waals surface area contributed by atoms with E-state index in [1.165, 1.54) is 6.92 Å². The molecule has 0 amide bonds. The van der Waals surface area contributed by atoms with Crippen molar-refractivity contribution in [2.45, 2.75) is 71.3 Å². The van der Waals surface area contributed by atoms with Gasteiger partial charge >= 0.3 is 11.9 Å². The summed E-state index contributed by atoms with van der Waals surface area (Å²) < 4.78 is 37.3. The van der Waals surface area contributed by atoms with Crippen molar-refractivity contribution in [3.05, 3.63) is 48.0 Å². The van der Waals surface area contributed by atoms with Gasteiger partial charge in [0.25, 0.3) is 0 Å². The molecule has 1 aromatic rings. The molecule has 8 heteroatoms. The number of allylic oxidation sites excluding steroid dienone is 1. The number of rotatable bonds is 17. The molecule has 1 unspecified atom stereocenters. The Bertz CT molecular complexity index is 804. The molecule has 0 aliphatic rings. The zero-order valence-electron chi connectivity index (χ0n) is 19.3. The van der Waals surface area contributed by atoms with E-state index in [0.717, 1.165) is 24.8 Å². The van der Waals surface area contributed by atoms with E-state index in [0.29, 0.717) is 50.8 Å². The summed E-state index contributed by atoms with van der Waals surface area (Å²) in [6.45, 7) is 7.54. The number of ether oxygens (including phenoxy) is 2. The fraction of sp³-hybridized carbons (Fsp3) is 0.583. The molecule has 1 N–H and O–H groups in total. The zero-order chi connectivity index (χ0) is 23.8. The zero-order valence-corrected chi connectivity index (χ0v) is 20.1. The molecule has 0 saturated carbocycles. The largest absolute Gasteiger partial charge is 0.463 e. The van der Waals surface area contributed by atoms with Gasteiger partial charge in [0.1, 0.15) is 6.10 Å². The normalized spacial score (nSPS) is 12.2. The van der Waals surface area contributed by atoms with Gasteiger partial charge in [0.15, 0.2) is 0 Å². The average molecular weight is 468 g/mol. The molecular formula is C24H37NO6S. The van der Waals surface area contributed by atoms with Crippen LogP contribution in [0.4, 0.5) is 0 Å².